The zero-order valence-corrected chi connectivity index (χ0v) is 13.6. The maximum Gasteiger partial charge on any atom is 0.244 e. The molecule has 0 aliphatic heterocycles. The summed E-state index contributed by atoms with van der Waals surface area (Å²) < 4.78 is 27.6. The van der Waals surface area contributed by atoms with Crippen molar-refractivity contribution in [1.29, 1.82) is 0 Å². The Bertz CT molecular complexity index is 506. The van der Waals surface area contributed by atoms with Crippen LogP contribution in [0.5, 0.6) is 0 Å². The molecule has 19 heavy (non-hydrogen) atoms. The number of sulfonamides is 1. The van der Waals surface area contributed by atoms with E-state index in [4.69, 9.17) is 0 Å². The molecule has 1 aromatic rings. The predicted molar refractivity (Wildman–Crippen MR) is 80.8 cm³/mol. The molecule has 0 spiro atoms. The summed E-state index contributed by atoms with van der Waals surface area (Å²) in [6.45, 7) is 2.58. The molecule has 0 fully saturated rings. The van der Waals surface area contributed by atoms with Crippen LogP contribution < -0.4 is 10.0 Å². The van der Waals surface area contributed by atoms with Crippen LogP contribution in [0.25, 0.3) is 0 Å². The van der Waals surface area contributed by atoms with Crippen LogP contribution in [0.1, 0.15) is 32.6 Å². The van der Waals surface area contributed by atoms with E-state index in [0.717, 1.165) is 25.7 Å². The molecule has 1 rings (SSSR count). The van der Waals surface area contributed by atoms with E-state index in [1.165, 1.54) is 0 Å². The topological polar surface area (TPSA) is 71.1 Å². The Balaban J connectivity index is 2.74. The summed E-state index contributed by atoms with van der Waals surface area (Å²) in [5.41, 5.74) is 0. The molecule has 0 aliphatic rings. The third-order valence-corrected chi connectivity index (χ3v) is 4.58. The molecule has 0 saturated heterocycles. The summed E-state index contributed by atoms with van der Waals surface area (Å²) in [4.78, 5) is 4.21. The number of halogens is 1. The molecule has 0 aliphatic carbocycles. The fourth-order valence-electron chi connectivity index (χ4n) is 1.65. The van der Waals surface area contributed by atoms with Crippen molar-refractivity contribution in [2.75, 3.05) is 18.9 Å². The van der Waals surface area contributed by atoms with Crippen molar-refractivity contribution >= 4 is 31.8 Å². The summed E-state index contributed by atoms with van der Waals surface area (Å²) in [7, 11) is -1.87. The average molecular weight is 350 g/mol. The van der Waals surface area contributed by atoms with Crippen molar-refractivity contribution in [2.24, 2.45) is 0 Å². The fraction of sp³-hybridized carbons (Fsp3) is 0.583. The second-order valence-electron chi connectivity index (χ2n) is 4.21. The molecule has 108 valence electrons. The minimum absolute atomic E-state index is 0.167. The number of rotatable bonds is 8. The number of aromatic nitrogens is 1. The largest absolute Gasteiger partial charge is 0.372 e. The third-order valence-electron chi connectivity index (χ3n) is 2.67. The number of nitrogens with one attached hydrogen (secondary N) is 2. The SMILES string of the molecule is CCCCCCNS(=O)(=O)c1cc(Br)cnc1NC. The molecule has 2 N–H and O–H groups in total. The third kappa shape index (κ3) is 5.08. The van der Waals surface area contributed by atoms with Gasteiger partial charge in [-0.1, -0.05) is 26.2 Å². The zero-order valence-electron chi connectivity index (χ0n) is 11.2. The van der Waals surface area contributed by atoms with E-state index in [0.29, 0.717) is 16.8 Å². The molecule has 7 heteroatoms. The zero-order chi connectivity index (χ0) is 14.3. The van der Waals surface area contributed by atoms with Crippen molar-refractivity contribution in [1.82, 2.24) is 9.71 Å². The van der Waals surface area contributed by atoms with Gasteiger partial charge in [-0.3, -0.25) is 0 Å². The fourth-order valence-corrected chi connectivity index (χ4v) is 3.39. The minimum atomic E-state index is -3.52. The monoisotopic (exact) mass is 349 g/mol. The summed E-state index contributed by atoms with van der Waals surface area (Å²) in [6.07, 6.45) is 5.71. The Morgan fingerprint density at radius 2 is 2.05 bits per heavy atom. The highest BCUT2D eigenvalue weighted by atomic mass is 79.9. The van der Waals surface area contributed by atoms with Gasteiger partial charge >= 0.3 is 0 Å². The first-order valence-corrected chi connectivity index (χ1v) is 8.62. The summed E-state index contributed by atoms with van der Waals surface area (Å²) in [5, 5.41) is 2.79. The lowest BCUT2D eigenvalue weighted by Crippen LogP contribution is -2.25. The van der Waals surface area contributed by atoms with Crippen LogP contribution >= 0.6 is 15.9 Å². The Kier molecular flexibility index (Phi) is 6.74. The summed E-state index contributed by atoms with van der Waals surface area (Å²) in [6, 6.07) is 1.55. The van der Waals surface area contributed by atoms with Gasteiger partial charge in [0.1, 0.15) is 10.7 Å². The lowest BCUT2D eigenvalue weighted by Gasteiger charge is -2.10. The van der Waals surface area contributed by atoms with E-state index in [-0.39, 0.29) is 4.90 Å². The second-order valence-corrected chi connectivity index (χ2v) is 6.86. The Labute approximate surface area is 123 Å². The Morgan fingerprint density at radius 3 is 2.68 bits per heavy atom. The van der Waals surface area contributed by atoms with Gasteiger partial charge in [-0.05, 0) is 28.4 Å². The standard InChI is InChI=1S/C12H20BrN3O2S/c1-3-4-5-6-7-16-19(17,18)11-8-10(13)9-15-12(11)14-2/h8-9,16H,3-7H2,1-2H3,(H,14,15). The molecular weight excluding hydrogens is 330 g/mol. The number of anilines is 1. The number of pyridine rings is 1. The molecule has 0 bridgehead atoms. The summed E-state index contributed by atoms with van der Waals surface area (Å²) in [5.74, 6) is 0.351. The molecule has 1 heterocycles. The van der Waals surface area contributed by atoms with Gasteiger partial charge < -0.3 is 5.32 Å². The van der Waals surface area contributed by atoms with Crippen LogP contribution in [0.15, 0.2) is 21.6 Å². The molecular formula is C12H20BrN3O2S. The van der Waals surface area contributed by atoms with Gasteiger partial charge in [-0.2, -0.15) is 0 Å². The van der Waals surface area contributed by atoms with Gasteiger partial charge in [-0.25, -0.2) is 18.1 Å². The van der Waals surface area contributed by atoms with E-state index in [9.17, 15) is 8.42 Å². The minimum Gasteiger partial charge on any atom is -0.372 e. The molecule has 0 saturated carbocycles. The molecule has 0 radical (unpaired) electrons. The van der Waals surface area contributed by atoms with Crippen molar-refractivity contribution < 1.29 is 8.42 Å². The van der Waals surface area contributed by atoms with Crippen LogP contribution in [-0.4, -0.2) is 27.0 Å². The highest BCUT2D eigenvalue weighted by molar-refractivity contribution is 9.10. The van der Waals surface area contributed by atoms with Crippen LogP contribution in [0.2, 0.25) is 0 Å². The Morgan fingerprint density at radius 1 is 1.32 bits per heavy atom. The van der Waals surface area contributed by atoms with Crippen LogP contribution in [0.4, 0.5) is 5.82 Å². The van der Waals surface area contributed by atoms with E-state index >= 15 is 0 Å². The normalized spacial score (nSPS) is 11.5. The van der Waals surface area contributed by atoms with Crippen molar-refractivity contribution in [3.63, 3.8) is 0 Å². The highest BCUT2D eigenvalue weighted by Crippen LogP contribution is 2.22. The lowest BCUT2D eigenvalue weighted by atomic mass is 10.2. The van der Waals surface area contributed by atoms with Crippen LogP contribution in [0, 0.1) is 0 Å². The number of hydrogen-bond donors (Lipinski definition) is 2. The number of hydrogen-bond acceptors (Lipinski definition) is 4. The second kappa shape index (κ2) is 7.81. The highest BCUT2D eigenvalue weighted by Gasteiger charge is 2.19. The Hall–Kier alpha value is -0.660. The van der Waals surface area contributed by atoms with Gasteiger partial charge in [0.05, 0.1) is 0 Å². The molecule has 0 atom stereocenters. The summed E-state index contributed by atoms with van der Waals surface area (Å²) >= 11 is 3.24. The van der Waals surface area contributed by atoms with Gasteiger partial charge in [0, 0.05) is 24.3 Å². The maximum absolute atomic E-state index is 12.2. The first kappa shape index (κ1) is 16.4. The van der Waals surface area contributed by atoms with Crippen LogP contribution in [-0.2, 0) is 10.0 Å². The van der Waals surface area contributed by atoms with E-state index < -0.39 is 10.0 Å². The van der Waals surface area contributed by atoms with E-state index in [2.05, 4.69) is 37.9 Å². The molecule has 5 nitrogen and oxygen atoms in total. The molecule has 1 aromatic heterocycles. The molecule has 0 amide bonds. The van der Waals surface area contributed by atoms with Gasteiger partial charge in [0.15, 0.2) is 0 Å². The van der Waals surface area contributed by atoms with Crippen molar-refractivity contribution in [3.8, 4) is 0 Å². The smallest absolute Gasteiger partial charge is 0.244 e. The van der Waals surface area contributed by atoms with Gasteiger partial charge in [0.2, 0.25) is 10.0 Å². The first-order valence-electron chi connectivity index (χ1n) is 6.34. The average Bonchev–Trinajstić information content (AvgIpc) is 2.38. The molecule has 0 unspecified atom stereocenters. The number of nitrogens with zero attached hydrogens (tertiary/aromatic N) is 1. The maximum atomic E-state index is 12.2. The van der Waals surface area contributed by atoms with E-state index in [1.807, 2.05) is 0 Å². The van der Waals surface area contributed by atoms with Crippen LogP contribution in [0.3, 0.4) is 0 Å². The first-order chi connectivity index (χ1) is 9.01. The molecule has 0 aromatic carbocycles. The predicted octanol–water partition coefficient (Wildman–Crippen LogP) is 2.74. The van der Waals surface area contributed by atoms with Crippen molar-refractivity contribution in [3.05, 3.63) is 16.7 Å². The van der Waals surface area contributed by atoms with Gasteiger partial charge in [-0.15, -0.1) is 0 Å². The van der Waals surface area contributed by atoms with Gasteiger partial charge in [0.25, 0.3) is 0 Å². The quantitative estimate of drug-likeness (QED) is 0.708. The van der Waals surface area contributed by atoms with Crippen molar-refractivity contribution in [2.45, 2.75) is 37.5 Å². The lowest BCUT2D eigenvalue weighted by molar-refractivity contribution is 0.573. The number of unbranched alkanes of at least 4 members (excludes halogenated alkanes) is 3. The van der Waals surface area contributed by atoms with E-state index in [1.54, 1.807) is 19.3 Å².